The molecule has 0 spiro atoms. The molecule has 9 heteroatoms. The Balaban J connectivity index is 2.15. The zero-order chi connectivity index (χ0) is 13.1. The highest BCUT2D eigenvalue weighted by molar-refractivity contribution is 7.13. The highest BCUT2D eigenvalue weighted by Crippen LogP contribution is 2.13. The van der Waals surface area contributed by atoms with E-state index in [0.29, 0.717) is 13.0 Å². The molecule has 0 aliphatic carbocycles. The number of nitrogen functional groups attached to an aromatic ring is 1. The summed E-state index contributed by atoms with van der Waals surface area (Å²) in [6.07, 6.45) is -0.253. The minimum Gasteiger partial charge on any atom is -0.382 e. The highest BCUT2D eigenvalue weighted by atomic mass is 32.1. The Bertz CT molecular complexity index is 512. The van der Waals surface area contributed by atoms with E-state index in [9.17, 15) is 9.59 Å². The first-order chi connectivity index (χ1) is 8.58. The van der Waals surface area contributed by atoms with Crippen molar-refractivity contribution in [3.05, 3.63) is 11.1 Å². The van der Waals surface area contributed by atoms with Gasteiger partial charge in [0.1, 0.15) is 5.69 Å². The first kappa shape index (κ1) is 12.3. The van der Waals surface area contributed by atoms with Crippen molar-refractivity contribution in [2.45, 2.75) is 12.5 Å². The average molecular weight is 268 g/mol. The van der Waals surface area contributed by atoms with Crippen molar-refractivity contribution in [3.8, 4) is 0 Å². The molecule has 1 atom stereocenters. The molecular formula is C9H10N5O3S. The van der Waals surface area contributed by atoms with Crippen molar-refractivity contribution >= 4 is 34.0 Å². The van der Waals surface area contributed by atoms with Gasteiger partial charge in [-0.25, -0.2) is 4.98 Å². The molecule has 0 saturated carbocycles. The zero-order valence-corrected chi connectivity index (χ0v) is 9.99. The fourth-order valence-corrected chi connectivity index (χ4v) is 1.94. The van der Waals surface area contributed by atoms with Gasteiger partial charge in [-0.1, -0.05) is 5.16 Å². The molecule has 1 saturated heterocycles. The van der Waals surface area contributed by atoms with E-state index >= 15 is 0 Å². The van der Waals surface area contributed by atoms with Crippen molar-refractivity contribution in [1.82, 2.24) is 16.0 Å². The SMILES string of the molecule is [NH]C(=O)/C(=N\OC1CCNC1=O)c1csc(N)n1. The van der Waals surface area contributed by atoms with Gasteiger partial charge in [-0.05, 0) is 0 Å². The lowest BCUT2D eigenvalue weighted by Crippen LogP contribution is -2.25. The van der Waals surface area contributed by atoms with Crippen LogP contribution in [-0.4, -0.2) is 35.2 Å². The number of thiazole rings is 1. The number of carbonyl (C=O) groups is 2. The Kier molecular flexibility index (Phi) is 3.42. The molecule has 4 N–H and O–H groups in total. The van der Waals surface area contributed by atoms with Gasteiger partial charge >= 0.3 is 0 Å². The van der Waals surface area contributed by atoms with Crippen LogP contribution in [0.4, 0.5) is 5.13 Å². The number of anilines is 1. The third kappa shape index (κ3) is 2.56. The number of rotatable bonds is 4. The normalized spacial score (nSPS) is 19.7. The maximum atomic E-state index is 11.2. The Morgan fingerprint density at radius 2 is 2.50 bits per heavy atom. The fraction of sp³-hybridized carbons (Fsp3) is 0.333. The van der Waals surface area contributed by atoms with E-state index in [2.05, 4.69) is 15.5 Å². The largest absolute Gasteiger partial charge is 0.382 e. The van der Waals surface area contributed by atoms with E-state index in [1.807, 2.05) is 0 Å². The van der Waals surface area contributed by atoms with Gasteiger partial charge in [0.2, 0.25) is 6.10 Å². The van der Waals surface area contributed by atoms with Crippen molar-refractivity contribution in [2.75, 3.05) is 12.3 Å². The quantitative estimate of drug-likeness (QED) is 0.542. The molecule has 2 rings (SSSR count). The first-order valence-corrected chi connectivity index (χ1v) is 5.94. The van der Waals surface area contributed by atoms with Gasteiger partial charge in [-0.3, -0.25) is 15.3 Å². The maximum absolute atomic E-state index is 11.2. The number of hydrogen-bond acceptors (Lipinski definition) is 7. The van der Waals surface area contributed by atoms with Crippen LogP contribution >= 0.6 is 11.3 Å². The third-order valence-corrected chi connectivity index (χ3v) is 2.92. The monoisotopic (exact) mass is 268 g/mol. The smallest absolute Gasteiger partial charge is 0.294 e. The van der Waals surface area contributed by atoms with Crippen molar-refractivity contribution in [1.29, 1.82) is 0 Å². The summed E-state index contributed by atoms with van der Waals surface area (Å²) in [5, 5.41) is 7.87. The van der Waals surface area contributed by atoms with Gasteiger partial charge in [-0.15, -0.1) is 11.3 Å². The van der Waals surface area contributed by atoms with Crippen LogP contribution in [0.25, 0.3) is 0 Å². The topological polar surface area (TPSA) is 130 Å². The summed E-state index contributed by atoms with van der Waals surface area (Å²) in [6, 6.07) is 0. The van der Waals surface area contributed by atoms with Crippen LogP contribution in [0.2, 0.25) is 0 Å². The molecule has 1 aromatic heterocycles. The second-order valence-electron chi connectivity index (χ2n) is 3.51. The summed E-state index contributed by atoms with van der Waals surface area (Å²) in [7, 11) is 0. The Morgan fingerprint density at radius 3 is 3.00 bits per heavy atom. The van der Waals surface area contributed by atoms with Gasteiger partial charge in [0.05, 0.1) is 0 Å². The van der Waals surface area contributed by atoms with Gasteiger partial charge < -0.3 is 15.9 Å². The molecule has 1 aliphatic heterocycles. The summed E-state index contributed by atoms with van der Waals surface area (Å²) < 4.78 is 0. The van der Waals surface area contributed by atoms with Gasteiger partial charge in [-0.2, -0.15) is 0 Å². The number of aromatic nitrogens is 1. The van der Waals surface area contributed by atoms with Gasteiger partial charge in [0, 0.05) is 18.3 Å². The molecule has 0 bridgehead atoms. The molecule has 2 amide bonds. The van der Waals surface area contributed by atoms with Gasteiger partial charge in [0.15, 0.2) is 10.8 Å². The molecule has 8 nitrogen and oxygen atoms in total. The van der Waals surface area contributed by atoms with E-state index in [0.717, 1.165) is 11.3 Å². The Hall–Kier alpha value is -2.16. The molecule has 18 heavy (non-hydrogen) atoms. The summed E-state index contributed by atoms with van der Waals surface area (Å²) in [4.78, 5) is 31.1. The van der Waals surface area contributed by atoms with Crippen LogP contribution < -0.4 is 16.8 Å². The van der Waals surface area contributed by atoms with Crippen LogP contribution in [0.1, 0.15) is 12.1 Å². The lowest BCUT2D eigenvalue weighted by atomic mass is 10.3. The predicted octanol–water partition coefficient (Wildman–Crippen LogP) is -0.856. The van der Waals surface area contributed by atoms with Crippen molar-refractivity contribution < 1.29 is 14.4 Å². The summed E-state index contributed by atoms with van der Waals surface area (Å²) in [5.74, 6) is -1.33. The van der Waals surface area contributed by atoms with Crippen molar-refractivity contribution in [2.24, 2.45) is 5.16 Å². The third-order valence-electron chi connectivity index (χ3n) is 2.25. The minimum atomic E-state index is -1.04. The van der Waals surface area contributed by atoms with E-state index in [4.69, 9.17) is 16.3 Å². The van der Waals surface area contributed by atoms with Crippen LogP contribution in [-0.2, 0) is 14.4 Å². The molecule has 1 radical (unpaired) electrons. The van der Waals surface area contributed by atoms with Crippen molar-refractivity contribution in [3.63, 3.8) is 0 Å². The number of nitrogens with two attached hydrogens (primary N) is 1. The van der Waals surface area contributed by atoms with Crippen LogP contribution in [0.15, 0.2) is 10.5 Å². The molecular weight excluding hydrogens is 258 g/mol. The fourth-order valence-electron chi connectivity index (χ4n) is 1.39. The molecule has 1 aliphatic rings. The van der Waals surface area contributed by atoms with Crippen LogP contribution in [0.3, 0.4) is 0 Å². The Morgan fingerprint density at radius 1 is 1.72 bits per heavy atom. The van der Waals surface area contributed by atoms with E-state index in [1.165, 1.54) is 5.38 Å². The van der Waals surface area contributed by atoms with E-state index in [-0.39, 0.29) is 22.4 Å². The number of nitrogens with one attached hydrogen (secondary N) is 2. The number of oxime groups is 1. The van der Waals surface area contributed by atoms with Crippen LogP contribution in [0.5, 0.6) is 0 Å². The summed E-state index contributed by atoms with van der Waals surface area (Å²) in [5.41, 5.74) is 12.4. The summed E-state index contributed by atoms with van der Waals surface area (Å²) >= 11 is 1.12. The lowest BCUT2D eigenvalue weighted by molar-refractivity contribution is -0.129. The number of amides is 2. The van der Waals surface area contributed by atoms with Gasteiger partial charge in [0.25, 0.3) is 11.8 Å². The minimum absolute atomic E-state index is 0.177. The summed E-state index contributed by atoms with van der Waals surface area (Å²) in [6.45, 7) is 0.507. The predicted molar refractivity (Wildman–Crippen MR) is 63.7 cm³/mol. The maximum Gasteiger partial charge on any atom is 0.294 e. The number of hydrogen-bond donors (Lipinski definition) is 2. The first-order valence-electron chi connectivity index (χ1n) is 5.06. The molecule has 1 fully saturated rings. The van der Waals surface area contributed by atoms with E-state index in [1.54, 1.807) is 0 Å². The number of carbonyl (C=O) groups excluding carboxylic acids is 2. The second kappa shape index (κ2) is 5.00. The molecule has 0 aromatic carbocycles. The lowest BCUT2D eigenvalue weighted by Gasteiger charge is -2.05. The molecule has 1 aromatic rings. The standard InChI is InChI=1S/C9H10N5O3S/c10-7(15)6(4-3-18-9(11)13-4)14-17-5-1-2-12-8(5)16/h3,5,10H,1-2H2,(H2,11,13)(H,12,16)/b14-6-. The molecule has 2 heterocycles. The molecule has 95 valence electrons. The van der Waals surface area contributed by atoms with E-state index < -0.39 is 12.0 Å². The highest BCUT2D eigenvalue weighted by Gasteiger charge is 2.27. The zero-order valence-electron chi connectivity index (χ0n) is 9.17. The molecule has 1 unspecified atom stereocenters. The number of nitrogens with zero attached hydrogens (tertiary/aromatic N) is 2. The second-order valence-corrected chi connectivity index (χ2v) is 4.40. The van der Waals surface area contributed by atoms with Crippen LogP contribution in [0, 0.1) is 0 Å². The average Bonchev–Trinajstić information content (AvgIpc) is 2.89. The Labute approximate surface area is 106 Å².